The van der Waals surface area contributed by atoms with E-state index >= 15 is 0 Å². The van der Waals surface area contributed by atoms with E-state index in [2.05, 4.69) is 51.8 Å². The number of hydrogen-bond acceptors (Lipinski definition) is 2. The quantitative estimate of drug-likeness (QED) is 0.402. The Morgan fingerprint density at radius 1 is 0.938 bits per heavy atom. The summed E-state index contributed by atoms with van der Waals surface area (Å²) in [5.41, 5.74) is 5.75. The van der Waals surface area contributed by atoms with Crippen molar-refractivity contribution in [2.45, 2.75) is 59.9 Å². The number of hydrogen-bond donors (Lipinski definition) is 1. The maximum atomic E-state index is 13.4. The van der Waals surface area contributed by atoms with Crippen molar-refractivity contribution in [3.8, 4) is 0 Å². The van der Waals surface area contributed by atoms with Crippen molar-refractivity contribution in [2.75, 3.05) is 5.32 Å². The molecule has 5 heteroatoms. The van der Waals surface area contributed by atoms with Crippen LogP contribution >= 0.6 is 15.9 Å². The number of carbonyl (C=O) groups excluding carboxylic acids is 1. The van der Waals surface area contributed by atoms with Gasteiger partial charge in [-0.3, -0.25) is 9.59 Å². The van der Waals surface area contributed by atoms with Crippen LogP contribution in [0.1, 0.15) is 58.7 Å². The first-order valence-corrected chi connectivity index (χ1v) is 12.0. The molecule has 1 amide bonds. The molecule has 0 aliphatic carbocycles. The lowest BCUT2D eigenvalue weighted by molar-refractivity contribution is 0.102. The average molecular weight is 495 g/mol. The van der Waals surface area contributed by atoms with Crippen molar-refractivity contribution in [3.05, 3.63) is 96.9 Å². The fourth-order valence-corrected chi connectivity index (χ4v) is 4.62. The van der Waals surface area contributed by atoms with Crippen LogP contribution < -0.4 is 10.7 Å². The van der Waals surface area contributed by atoms with Crippen LogP contribution in [-0.4, -0.2) is 10.5 Å². The molecule has 1 heterocycles. The predicted molar refractivity (Wildman–Crippen MR) is 136 cm³/mol. The van der Waals surface area contributed by atoms with Gasteiger partial charge in [0.2, 0.25) is 5.43 Å². The van der Waals surface area contributed by atoms with Crippen molar-refractivity contribution >= 4 is 27.5 Å². The number of nitrogens with one attached hydrogen (secondary N) is 1. The van der Waals surface area contributed by atoms with E-state index in [9.17, 15) is 9.59 Å². The lowest BCUT2D eigenvalue weighted by atomic mass is 10.0. The summed E-state index contributed by atoms with van der Waals surface area (Å²) < 4.78 is 2.53. The first-order chi connectivity index (χ1) is 15.4. The van der Waals surface area contributed by atoms with E-state index in [1.807, 2.05) is 50.2 Å². The summed E-state index contributed by atoms with van der Waals surface area (Å²) in [6.07, 6.45) is 3.48. The van der Waals surface area contributed by atoms with Gasteiger partial charge >= 0.3 is 0 Å². The van der Waals surface area contributed by atoms with E-state index in [1.165, 1.54) is 5.56 Å². The van der Waals surface area contributed by atoms with E-state index in [-0.39, 0.29) is 16.9 Å². The van der Waals surface area contributed by atoms with Crippen molar-refractivity contribution in [2.24, 2.45) is 0 Å². The fraction of sp³-hybridized carbons (Fsp3) is 0.333. The molecule has 3 rings (SSSR count). The lowest BCUT2D eigenvalue weighted by Crippen LogP contribution is -2.29. The number of carbonyl (C=O) groups is 1. The summed E-state index contributed by atoms with van der Waals surface area (Å²) in [5, 5.41) is 3.06. The topological polar surface area (TPSA) is 51.1 Å². The second kappa shape index (κ2) is 10.8. The smallest absolute Gasteiger partial charge is 0.261 e. The van der Waals surface area contributed by atoms with Gasteiger partial charge in [0.25, 0.3) is 5.91 Å². The molecule has 0 saturated carbocycles. The number of nitrogens with zero attached hydrogens (tertiary/aromatic N) is 1. The monoisotopic (exact) mass is 494 g/mol. The maximum Gasteiger partial charge on any atom is 0.261 e. The van der Waals surface area contributed by atoms with E-state index in [4.69, 9.17) is 0 Å². The summed E-state index contributed by atoms with van der Waals surface area (Å²) in [4.78, 5) is 26.4. The zero-order valence-electron chi connectivity index (χ0n) is 19.3. The van der Waals surface area contributed by atoms with E-state index < -0.39 is 0 Å². The van der Waals surface area contributed by atoms with Crippen LogP contribution in [0.4, 0.5) is 5.69 Å². The Hall–Kier alpha value is -2.66. The normalized spacial score (nSPS) is 10.9. The van der Waals surface area contributed by atoms with Crippen LogP contribution in [0.3, 0.4) is 0 Å². The minimum atomic E-state index is -0.347. The Morgan fingerprint density at radius 3 is 2.16 bits per heavy atom. The van der Waals surface area contributed by atoms with Crippen LogP contribution in [0, 0.1) is 13.8 Å². The first-order valence-electron chi connectivity index (χ1n) is 11.2. The van der Waals surface area contributed by atoms with Gasteiger partial charge in [-0.25, -0.2) is 0 Å². The van der Waals surface area contributed by atoms with Gasteiger partial charge in [0.05, 0.1) is 4.47 Å². The fourth-order valence-electron chi connectivity index (χ4n) is 4.21. The van der Waals surface area contributed by atoms with Crippen LogP contribution in [0.5, 0.6) is 0 Å². The highest BCUT2D eigenvalue weighted by molar-refractivity contribution is 9.10. The molecule has 0 atom stereocenters. The standard InChI is InChI=1S/C27H31BrN2O2/c1-5-21-15-10-16-22(6-2)25(21)29-27(32)23-18(3)30(19(4)24(28)26(23)31)17-11-14-20-12-8-7-9-13-20/h7-10,12-13,15-16H,5-6,11,14,17H2,1-4H3,(H,29,32). The molecule has 32 heavy (non-hydrogen) atoms. The summed E-state index contributed by atoms with van der Waals surface area (Å²) >= 11 is 3.45. The van der Waals surface area contributed by atoms with Gasteiger partial charge in [0.15, 0.2) is 0 Å². The van der Waals surface area contributed by atoms with Gasteiger partial charge in [0.1, 0.15) is 5.56 Å². The minimum Gasteiger partial charge on any atom is -0.347 e. The Balaban J connectivity index is 1.93. The molecule has 3 aromatic rings. The number of benzene rings is 2. The molecule has 4 nitrogen and oxygen atoms in total. The Bertz CT molecular complexity index is 1140. The molecule has 2 aromatic carbocycles. The lowest BCUT2D eigenvalue weighted by Gasteiger charge is -2.20. The van der Waals surface area contributed by atoms with Crippen molar-refractivity contribution < 1.29 is 4.79 Å². The molecule has 168 valence electrons. The Morgan fingerprint density at radius 2 is 1.56 bits per heavy atom. The number of anilines is 1. The van der Waals surface area contributed by atoms with Gasteiger partial charge in [-0.1, -0.05) is 62.4 Å². The highest BCUT2D eigenvalue weighted by Crippen LogP contribution is 2.24. The summed E-state index contributed by atoms with van der Waals surface area (Å²) in [6, 6.07) is 16.4. The molecule has 0 saturated heterocycles. The van der Waals surface area contributed by atoms with Crippen LogP contribution in [-0.2, 0) is 25.8 Å². The van der Waals surface area contributed by atoms with Gasteiger partial charge in [-0.15, -0.1) is 0 Å². The highest BCUT2D eigenvalue weighted by atomic mass is 79.9. The minimum absolute atomic E-state index is 0.204. The number of para-hydroxylation sites is 1. The number of pyridine rings is 1. The molecule has 1 aromatic heterocycles. The zero-order valence-corrected chi connectivity index (χ0v) is 20.9. The average Bonchev–Trinajstić information content (AvgIpc) is 2.80. The number of aromatic nitrogens is 1. The Labute approximate surface area is 198 Å². The SMILES string of the molecule is CCc1cccc(CC)c1NC(=O)c1c(C)n(CCCc2ccccc2)c(C)c(Br)c1=O. The van der Waals surface area contributed by atoms with E-state index in [0.29, 0.717) is 10.2 Å². The maximum absolute atomic E-state index is 13.4. The second-order valence-electron chi connectivity index (χ2n) is 8.04. The zero-order chi connectivity index (χ0) is 23.3. The third-order valence-corrected chi connectivity index (χ3v) is 7.00. The molecule has 0 fully saturated rings. The van der Waals surface area contributed by atoms with Crippen molar-refractivity contribution in [1.82, 2.24) is 4.57 Å². The number of aryl methyl sites for hydroxylation is 3. The van der Waals surface area contributed by atoms with Crippen LogP contribution in [0.15, 0.2) is 57.8 Å². The molecule has 0 unspecified atom stereocenters. The first kappa shape index (κ1) is 24.0. The summed E-state index contributed by atoms with van der Waals surface area (Å²) in [6.45, 7) is 8.65. The van der Waals surface area contributed by atoms with Gasteiger partial charge in [-0.2, -0.15) is 0 Å². The largest absolute Gasteiger partial charge is 0.347 e. The molecular formula is C27H31BrN2O2. The number of amides is 1. The van der Waals surface area contributed by atoms with E-state index in [1.54, 1.807) is 0 Å². The second-order valence-corrected chi connectivity index (χ2v) is 8.84. The molecule has 0 radical (unpaired) electrons. The molecular weight excluding hydrogens is 464 g/mol. The predicted octanol–water partition coefficient (Wildman–Crippen LogP) is 6.24. The van der Waals surface area contributed by atoms with Crippen molar-refractivity contribution in [3.63, 3.8) is 0 Å². The molecule has 0 aliphatic rings. The third-order valence-electron chi connectivity index (χ3n) is 6.07. The van der Waals surface area contributed by atoms with Gasteiger partial charge < -0.3 is 9.88 Å². The van der Waals surface area contributed by atoms with Crippen LogP contribution in [0.2, 0.25) is 0 Å². The third kappa shape index (κ3) is 5.04. The molecule has 0 bridgehead atoms. The Kier molecular flexibility index (Phi) is 8.08. The number of halogens is 1. The number of rotatable bonds is 8. The van der Waals surface area contributed by atoms with Gasteiger partial charge in [-0.05, 0) is 72.2 Å². The molecule has 0 aliphatic heterocycles. The van der Waals surface area contributed by atoms with Gasteiger partial charge in [0, 0.05) is 23.6 Å². The molecule has 1 N–H and O–H groups in total. The highest BCUT2D eigenvalue weighted by Gasteiger charge is 2.22. The van der Waals surface area contributed by atoms with E-state index in [0.717, 1.165) is 54.7 Å². The van der Waals surface area contributed by atoms with Crippen molar-refractivity contribution in [1.29, 1.82) is 0 Å². The summed E-state index contributed by atoms with van der Waals surface area (Å²) in [7, 11) is 0. The van der Waals surface area contributed by atoms with Crippen LogP contribution in [0.25, 0.3) is 0 Å². The molecule has 0 spiro atoms. The summed E-state index contributed by atoms with van der Waals surface area (Å²) in [5.74, 6) is -0.347.